The number of carbonyl (C=O) groups excluding carboxylic acids is 1. The third-order valence-corrected chi connectivity index (χ3v) is 5.35. The van der Waals surface area contributed by atoms with Gasteiger partial charge >= 0.3 is 0 Å². The average Bonchev–Trinajstić information content (AvgIpc) is 2.73. The molecule has 1 aliphatic rings. The number of hydrogen-bond acceptors (Lipinski definition) is 4. The number of amides is 1. The second-order valence-electron chi connectivity index (χ2n) is 4.80. The van der Waals surface area contributed by atoms with Gasteiger partial charge in [0, 0.05) is 26.2 Å². The van der Waals surface area contributed by atoms with Gasteiger partial charge in [0.05, 0.1) is 11.4 Å². The van der Waals surface area contributed by atoms with Crippen molar-refractivity contribution in [3.63, 3.8) is 0 Å². The number of benzene rings is 1. The first-order chi connectivity index (χ1) is 9.95. The number of hydrogen-bond donors (Lipinski definition) is 1. The fourth-order valence-corrected chi connectivity index (χ4v) is 3.74. The molecule has 1 aliphatic heterocycles. The van der Waals surface area contributed by atoms with Crippen LogP contribution in [0.1, 0.15) is 6.42 Å². The van der Waals surface area contributed by atoms with Gasteiger partial charge in [-0.2, -0.15) is 4.31 Å². The molecule has 2 rings (SSSR count). The molecular formula is C13H19ClFN3O3S. The molecule has 1 fully saturated rings. The molecule has 9 heteroatoms. The number of rotatable bonds is 3. The van der Waals surface area contributed by atoms with Gasteiger partial charge in [0.2, 0.25) is 15.9 Å². The monoisotopic (exact) mass is 351 g/mol. The van der Waals surface area contributed by atoms with E-state index >= 15 is 0 Å². The Kier molecular flexibility index (Phi) is 6.73. The molecule has 0 bridgehead atoms. The Balaban J connectivity index is 0.00000242. The van der Waals surface area contributed by atoms with E-state index in [4.69, 9.17) is 5.73 Å². The van der Waals surface area contributed by atoms with E-state index in [2.05, 4.69) is 0 Å². The molecular weight excluding hydrogens is 333 g/mol. The second kappa shape index (κ2) is 7.87. The minimum absolute atomic E-state index is 0. The zero-order chi connectivity index (χ0) is 15.5. The lowest BCUT2D eigenvalue weighted by Crippen LogP contribution is -2.39. The van der Waals surface area contributed by atoms with Crippen LogP contribution in [0.3, 0.4) is 0 Å². The van der Waals surface area contributed by atoms with Crippen LogP contribution in [-0.2, 0) is 14.8 Å². The first-order valence-corrected chi connectivity index (χ1v) is 8.12. The van der Waals surface area contributed by atoms with E-state index in [9.17, 15) is 17.6 Å². The van der Waals surface area contributed by atoms with Crippen LogP contribution in [0.25, 0.3) is 0 Å². The molecule has 0 unspecified atom stereocenters. The highest BCUT2D eigenvalue weighted by Crippen LogP contribution is 2.18. The van der Waals surface area contributed by atoms with Gasteiger partial charge in [-0.15, -0.1) is 12.4 Å². The molecule has 1 aromatic rings. The summed E-state index contributed by atoms with van der Waals surface area (Å²) in [5.74, 6) is -0.666. The molecule has 1 amide bonds. The third-order valence-electron chi connectivity index (χ3n) is 3.43. The van der Waals surface area contributed by atoms with Crippen LogP contribution in [-0.4, -0.2) is 56.3 Å². The molecule has 0 saturated carbocycles. The number of carbonyl (C=O) groups is 1. The highest BCUT2D eigenvalue weighted by atomic mass is 35.5. The summed E-state index contributed by atoms with van der Waals surface area (Å²) < 4.78 is 39.2. The van der Waals surface area contributed by atoms with Crippen molar-refractivity contribution >= 4 is 28.3 Å². The van der Waals surface area contributed by atoms with E-state index in [-0.39, 0.29) is 36.3 Å². The molecule has 0 aliphatic carbocycles. The maximum Gasteiger partial charge on any atom is 0.243 e. The van der Waals surface area contributed by atoms with Crippen molar-refractivity contribution in [2.75, 3.05) is 32.7 Å². The fraction of sp³-hybridized carbons (Fsp3) is 0.462. The van der Waals surface area contributed by atoms with E-state index in [0.29, 0.717) is 26.1 Å². The Morgan fingerprint density at radius 3 is 2.36 bits per heavy atom. The van der Waals surface area contributed by atoms with Crippen LogP contribution < -0.4 is 5.73 Å². The van der Waals surface area contributed by atoms with Gasteiger partial charge in [-0.25, -0.2) is 12.8 Å². The molecule has 1 heterocycles. The molecule has 2 N–H and O–H groups in total. The van der Waals surface area contributed by atoms with Gasteiger partial charge < -0.3 is 10.6 Å². The highest BCUT2D eigenvalue weighted by molar-refractivity contribution is 7.89. The maximum atomic E-state index is 12.9. The predicted molar refractivity (Wildman–Crippen MR) is 82.7 cm³/mol. The van der Waals surface area contributed by atoms with Crippen LogP contribution in [0.2, 0.25) is 0 Å². The van der Waals surface area contributed by atoms with Crippen molar-refractivity contribution < 1.29 is 17.6 Å². The van der Waals surface area contributed by atoms with Gasteiger partial charge in [0.1, 0.15) is 5.82 Å². The zero-order valence-corrected chi connectivity index (χ0v) is 13.6. The first kappa shape index (κ1) is 18.8. The molecule has 0 atom stereocenters. The zero-order valence-electron chi connectivity index (χ0n) is 11.9. The standard InChI is InChI=1S/C13H18FN3O3S.ClH/c14-11-2-4-12(5-3-11)21(19,20)17-7-1-6-16(8-9-17)13(18)10-15;/h2-5H,1,6-10,15H2;1H. The van der Waals surface area contributed by atoms with Gasteiger partial charge in [0.25, 0.3) is 0 Å². The Labute approximate surface area is 135 Å². The molecule has 0 spiro atoms. The van der Waals surface area contributed by atoms with Crippen LogP contribution in [0.4, 0.5) is 4.39 Å². The van der Waals surface area contributed by atoms with Crippen LogP contribution in [0.15, 0.2) is 29.2 Å². The lowest BCUT2D eigenvalue weighted by Gasteiger charge is -2.21. The Morgan fingerprint density at radius 2 is 1.77 bits per heavy atom. The number of nitrogens with zero attached hydrogens (tertiary/aromatic N) is 2. The summed E-state index contributed by atoms with van der Waals surface area (Å²) in [7, 11) is -3.66. The quantitative estimate of drug-likeness (QED) is 0.856. The smallest absolute Gasteiger partial charge is 0.243 e. The number of nitrogens with two attached hydrogens (primary N) is 1. The summed E-state index contributed by atoms with van der Waals surface area (Å²) >= 11 is 0. The summed E-state index contributed by atoms with van der Waals surface area (Å²) in [6, 6.07) is 4.74. The summed E-state index contributed by atoms with van der Waals surface area (Å²) in [5, 5.41) is 0. The maximum absolute atomic E-state index is 12.9. The second-order valence-corrected chi connectivity index (χ2v) is 6.73. The van der Waals surface area contributed by atoms with Crippen molar-refractivity contribution in [2.45, 2.75) is 11.3 Å². The van der Waals surface area contributed by atoms with Crippen LogP contribution in [0, 0.1) is 5.82 Å². The third kappa shape index (κ3) is 4.16. The van der Waals surface area contributed by atoms with E-state index in [0.717, 1.165) is 12.1 Å². The molecule has 1 saturated heterocycles. The lowest BCUT2D eigenvalue weighted by molar-refractivity contribution is -0.129. The van der Waals surface area contributed by atoms with E-state index in [1.54, 1.807) is 4.90 Å². The summed E-state index contributed by atoms with van der Waals surface area (Å²) in [4.78, 5) is 13.2. The van der Waals surface area contributed by atoms with E-state index in [1.807, 2.05) is 0 Å². The van der Waals surface area contributed by atoms with Crippen molar-refractivity contribution in [1.29, 1.82) is 0 Å². The predicted octanol–water partition coefficient (Wildman–Crippen LogP) is 0.429. The van der Waals surface area contributed by atoms with Crippen LogP contribution in [0.5, 0.6) is 0 Å². The van der Waals surface area contributed by atoms with Crippen molar-refractivity contribution in [3.05, 3.63) is 30.1 Å². The Bertz CT molecular complexity index is 609. The molecule has 6 nitrogen and oxygen atoms in total. The topological polar surface area (TPSA) is 83.7 Å². The van der Waals surface area contributed by atoms with Crippen molar-refractivity contribution in [3.8, 4) is 0 Å². The summed E-state index contributed by atoms with van der Waals surface area (Å²) in [6.45, 7) is 1.27. The average molecular weight is 352 g/mol. The largest absolute Gasteiger partial charge is 0.340 e. The van der Waals surface area contributed by atoms with E-state index in [1.165, 1.54) is 16.4 Å². The molecule has 0 radical (unpaired) electrons. The summed E-state index contributed by atoms with van der Waals surface area (Å²) in [5.41, 5.74) is 5.32. The van der Waals surface area contributed by atoms with Gasteiger partial charge in [-0.1, -0.05) is 0 Å². The van der Waals surface area contributed by atoms with Gasteiger partial charge in [-0.05, 0) is 30.7 Å². The highest BCUT2D eigenvalue weighted by Gasteiger charge is 2.27. The summed E-state index contributed by atoms with van der Waals surface area (Å²) in [6.07, 6.45) is 0.548. The lowest BCUT2D eigenvalue weighted by atomic mass is 10.4. The van der Waals surface area contributed by atoms with Gasteiger partial charge in [0.15, 0.2) is 0 Å². The molecule has 0 aromatic heterocycles. The molecule has 124 valence electrons. The molecule has 1 aromatic carbocycles. The number of sulfonamides is 1. The number of halogens is 2. The first-order valence-electron chi connectivity index (χ1n) is 6.68. The minimum Gasteiger partial charge on any atom is -0.340 e. The normalized spacial score (nSPS) is 16.7. The Morgan fingerprint density at radius 1 is 1.14 bits per heavy atom. The SMILES string of the molecule is Cl.NCC(=O)N1CCCN(S(=O)(=O)c2ccc(F)cc2)CC1. The van der Waals surface area contributed by atoms with E-state index < -0.39 is 15.8 Å². The van der Waals surface area contributed by atoms with Crippen molar-refractivity contribution in [2.24, 2.45) is 5.73 Å². The van der Waals surface area contributed by atoms with Crippen molar-refractivity contribution in [1.82, 2.24) is 9.21 Å². The minimum atomic E-state index is -3.66. The molecule has 22 heavy (non-hydrogen) atoms. The fourth-order valence-electron chi connectivity index (χ4n) is 2.27. The van der Waals surface area contributed by atoms with Gasteiger partial charge in [-0.3, -0.25) is 4.79 Å². The van der Waals surface area contributed by atoms with Crippen LogP contribution >= 0.6 is 12.4 Å². The Hall–Kier alpha value is -1.22.